The van der Waals surface area contributed by atoms with E-state index in [1.165, 1.54) is 0 Å². The zero-order valence-electron chi connectivity index (χ0n) is 10.1. The molecular weight excluding hydrogens is 242 g/mol. The minimum absolute atomic E-state index is 0.0134. The second-order valence-electron chi connectivity index (χ2n) is 4.31. The van der Waals surface area contributed by atoms with Crippen LogP contribution in [0.5, 0.6) is 0 Å². The Kier molecular flexibility index (Phi) is 3.53. The molecule has 5 nitrogen and oxygen atoms in total. The van der Waals surface area contributed by atoms with Crippen LogP contribution in [-0.4, -0.2) is 32.0 Å². The first kappa shape index (κ1) is 12.6. The molecule has 0 aromatic carbocycles. The Balaban J connectivity index is 2.22. The van der Waals surface area contributed by atoms with Crippen LogP contribution in [-0.2, 0) is 26.7 Å². The molecule has 96 valence electrons. The average Bonchev–Trinajstić information content (AvgIpc) is 2.90. The normalized spacial score (nSPS) is 20.9. The SMILES string of the molecule is CCc1noc(C)c1CS(=O)(=O)C1CCOC1. The zero-order valence-corrected chi connectivity index (χ0v) is 10.9. The van der Waals surface area contributed by atoms with Gasteiger partial charge in [0.25, 0.3) is 0 Å². The molecule has 1 fully saturated rings. The highest BCUT2D eigenvalue weighted by molar-refractivity contribution is 7.91. The molecule has 1 aliphatic rings. The summed E-state index contributed by atoms with van der Waals surface area (Å²) < 4.78 is 34.5. The highest BCUT2D eigenvalue weighted by Gasteiger charge is 2.31. The summed E-state index contributed by atoms with van der Waals surface area (Å²) in [4.78, 5) is 0. The summed E-state index contributed by atoms with van der Waals surface area (Å²) in [6.07, 6.45) is 1.28. The molecule has 0 aliphatic carbocycles. The molecule has 0 amide bonds. The highest BCUT2D eigenvalue weighted by Crippen LogP contribution is 2.22. The lowest BCUT2D eigenvalue weighted by atomic mass is 10.2. The second kappa shape index (κ2) is 4.78. The van der Waals surface area contributed by atoms with E-state index in [2.05, 4.69) is 5.16 Å². The van der Waals surface area contributed by atoms with Gasteiger partial charge < -0.3 is 9.26 Å². The molecule has 0 N–H and O–H groups in total. The van der Waals surface area contributed by atoms with Gasteiger partial charge >= 0.3 is 0 Å². The minimum atomic E-state index is -3.16. The number of hydrogen-bond acceptors (Lipinski definition) is 5. The van der Waals surface area contributed by atoms with Crippen molar-refractivity contribution >= 4 is 9.84 Å². The van der Waals surface area contributed by atoms with Gasteiger partial charge in [-0.3, -0.25) is 0 Å². The molecule has 6 heteroatoms. The maximum absolute atomic E-state index is 12.2. The Morgan fingerprint density at radius 3 is 2.82 bits per heavy atom. The van der Waals surface area contributed by atoms with Gasteiger partial charge in [0.05, 0.1) is 23.3 Å². The first-order chi connectivity index (χ1) is 8.04. The lowest BCUT2D eigenvalue weighted by Gasteiger charge is -2.09. The van der Waals surface area contributed by atoms with E-state index in [1.54, 1.807) is 6.92 Å². The molecule has 1 atom stereocenters. The van der Waals surface area contributed by atoms with Gasteiger partial charge in [-0.15, -0.1) is 0 Å². The largest absolute Gasteiger partial charge is 0.380 e. The Morgan fingerprint density at radius 1 is 1.47 bits per heavy atom. The summed E-state index contributed by atoms with van der Waals surface area (Å²) >= 11 is 0. The van der Waals surface area contributed by atoms with Crippen molar-refractivity contribution in [3.05, 3.63) is 17.0 Å². The number of aromatic nitrogens is 1. The summed E-state index contributed by atoms with van der Waals surface area (Å²) in [6, 6.07) is 0. The molecule has 17 heavy (non-hydrogen) atoms. The van der Waals surface area contributed by atoms with Crippen LogP contribution in [0.2, 0.25) is 0 Å². The first-order valence-corrected chi connectivity index (χ1v) is 7.49. The van der Waals surface area contributed by atoms with Gasteiger partial charge in [0.1, 0.15) is 5.76 Å². The van der Waals surface area contributed by atoms with Crippen LogP contribution in [0.25, 0.3) is 0 Å². The van der Waals surface area contributed by atoms with Gasteiger partial charge in [-0.1, -0.05) is 12.1 Å². The summed E-state index contributed by atoms with van der Waals surface area (Å²) in [5.74, 6) is 0.615. The van der Waals surface area contributed by atoms with Crippen LogP contribution in [0, 0.1) is 6.92 Å². The van der Waals surface area contributed by atoms with Gasteiger partial charge in [0, 0.05) is 12.2 Å². The topological polar surface area (TPSA) is 69.4 Å². The van der Waals surface area contributed by atoms with Crippen LogP contribution in [0.3, 0.4) is 0 Å². The third-order valence-electron chi connectivity index (χ3n) is 3.14. The molecule has 0 spiro atoms. The maximum atomic E-state index is 12.2. The van der Waals surface area contributed by atoms with E-state index < -0.39 is 9.84 Å². The van der Waals surface area contributed by atoms with E-state index in [4.69, 9.17) is 9.26 Å². The average molecular weight is 259 g/mol. The van der Waals surface area contributed by atoms with Crippen molar-refractivity contribution in [2.45, 2.75) is 37.7 Å². The van der Waals surface area contributed by atoms with Crippen molar-refractivity contribution < 1.29 is 17.7 Å². The summed E-state index contributed by atoms with van der Waals surface area (Å²) in [7, 11) is -3.16. The van der Waals surface area contributed by atoms with Crippen molar-refractivity contribution in [3.63, 3.8) is 0 Å². The standard InChI is InChI=1S/C11H17NO4S/c1-3-11-10(8(2)16-12-11)7-17(13,14)9-4-5-15-6-9/h9H,3-7H2,1-2H3. The molecular formula is C11H17NO4S. The number of rotatable bonds is 4. The Hall–Kier alpha value is -0.880. The van der Waals surface area contributed by atoms with Crippen molar-refractivity contribution in [3.8, 4) is 0 Å². The van der Waals surface area contributed by atoms with E-state index in [9.17, 15) is 8.42 Å². The monoisotopic (exact) mass is 259 g/mol. The maximum Gasteiger partial charge on any atom is 0.159 e. The smallest absolute Gasteiger partial charge is 0.159 e. The third-order valence-corrected chi connectivity index (χ3v) is 5.22. The van der Waals surface area contributed by atoms with Crippen LogP contribution in [0.15, 0.2) is 4.52 Å². The predicted molar refractivity (Wildman–Crippen MR) is 62.5 cm³/mol. The molecule has 1 aromatic heterocycles. The van der Waals surface area contributed by atoms with Crippen LogP contribution in [0.1, 0.15) is 30.4 Å². The van der Waals surface area contributed by atoms with Gasteiger partial charge in [-0.25, -0.2) is 8.42 Å². The van der Waals surface area contributed by atoms with Crippen LogP contribution in [0.4, 0.5) is 0 Å². The van der Waals surface area contributed by atoms with Gasteiger partial charge in [-0.2, -0.15) is 0 Å². The second-order valence-corrected chi connectivity index (χ2v) is 6.59. The number of sulfone groups is 1. The minimum Gasteiger partial charge on any atom is -0.380 e. The Bertz CT molecular complexity index is 486. The molecule has 2 rings (SSSR count). The predicted octanol–water partition coefficient (Wildman–Crippen LogP) is 1.25. The number of ether oxygens (including phenoxy) is 1. The molecule has 0 saturated carbocycles. The van der Waals surface area contributed by atoms with Crippen molar-refractivity contribution in [1.82, 2.24) is 5.16 Å². The number of hydrogen-bond donors (Lipinski definition) is 0. The van der Waals surface area contributed by atoms with Crippen molar-refractivity contribution in [1.29, 1.82) is 0 Å². The van der Waals surface area contributed by atoms with Gasteiger partial charge in [-0.05, 0) is 19.8 Å². The lowest BCUT2D eigenvalue weighted by molar-refractivity contribution is 0.198. The third kappa shape index (κ3) is 2.52. The molecule has 1 saturated heterocycles. The molecule has 1 unspecified atom stereocenters. The van der Waals surface area contributed by atoms with Crippen LogP contribution < -0.4 is 0 Å². The van der Waals surface area contributed by atoms with Crippen molar-refractivity contribution in [2.24, 2.45) is 0 Å². The van der Waals surface area contributed by atoms with Gasteiger partial charge in [0.2, 0.25) is 0 Å². The van der Waals surface area contributed by atoms with E-state index in [1.807, 2.05) is 6.92 Å². The van der Waals surface area contributed by atoms with E-state index in [0.29, 0.717) is 31.8 Å². The molecule has 0 radical (unpaired) electrons. The quantitative estimate of drug-likeness (QED) is 0.814. The highest BCUT2D eigenvalue weighted by atomic mass is 32.2. The Labute approximate surface area is 101 Å². The fraction of sp³-hybridized carbons (Fsp3) is 0.727. The van der Waals surface area contributed by atoms with Crippen molar-refractivity contribution in [2.75, 3.05) is 13.2 Å². The number of aryl methyl sites for hydroxylation is 2. The van der Waals surface area contributed by atoms with Crippen LogP contribution >= 0.6 is 0 Å². The summed E-state index contributed by atoms with van der Waals surface area (Å²) in [5.41, 5.74) is 1.46. The fourth-order valence-corrected chi connectivity index (χ4v) is 3.78. The molecule has 1 aromatic rings. The number of nitrogens with zero attached hydrogens (tertiary/aromatic N) is 1. The molecule has 2 heterocycles. The lowest BCUT2D eigenvalue weighted by Crippen LogP contribution is -2.23. The summed E-state index contributed by atoms with van der Waals surface area (Å²) in [5, 5.41) is 3.50. The van der Waals surface area contributed by atoms with E-state index >= 15 is 0 Å². The van der Waals surface area contributed by atoms with E-state index in [-0.39, 0.29) is 11.0 Å². The van der Waals surface area contributed by atoms with E-state index in [0.717, 1.165) is 11.3 Å². The zero-order chi connectivity index (χ0) is 12.5. The fourth-order valence-electron chi connectivity index (χ4n) is 2.01. The summed E-state index contributed by atoms with van der Waals surface area (Å²) in [6.45, 7) is 4.54. The first-order valence-electron chi connectivity index (χ1n) is 5.78. The molecule has 0 bridgehead atoms. The molecule has 1 aliphatic heterocycles. The Morgan fingerprint density at radius 2 is 2.24 bits per heavy atom. The van der Waals surface area contributed by atoms with Gasteiger partial charge in [0.15, 0.2) is 9.84 Å².